The third kappa shape index (κ3) is 5.06. The SMILES string of the molecule is CC(CC(C)(C)C)c1ccccc1NC(=O)c1ccccc1I. The van der Waals surface area contributed by atoms with E-state index >= 15 is 0 Å². The first-order valence-electron chi connectivity index (χ1n) is 7.93. The molecule has 0 aliphatic heterocycles. The lowest BCUT2D eigenvalue weighted by Crippen LogP contribution is -2.16. The highest BCUT2D eigenvalue weighted by Crippen LogP contribution is 2.34. The van der Waals surface area contributed by atoms with Gasteiger partial charge in [0, 0.05) is 9.26 Å². The fraction of sp³-hybridized carbons (Fsp3) is 0.350. The summed E-state index contributed by atoms with van der Waals surface area (Å²) in [6, 6.07) is 15.8. The van der Waals surface area contributed by atoms with Gasteiger partial charge >= 0.3 is 0 Å². The number of halogens is 1. The monoisotopic (exact) mass is 421 g/mol. The number of carbonyl (C=O) groups is 1. The third-order valence-electron chi connectivity index (χ3n) is 3.78. The van der Waals surface area contributed by atoms with Crippen LogP contribution in [-0.4, -0.2) is 5.91 Å². The molecule has 2 rings (SSSR count). The molecule has 1 N–H and O–H groups in total. The highest BCUT2D eigenvalue weighted by molar-refractivity contribution is 14.1. The van der Waals surface area contributed by atoms with Crippen LogP contribution in [0.3, 0.4) is 0 Å². The molecule has 1 unspecified atom stereocenters. The van der Waals surface area contributed by atoms with Crippen LogP contribution in [0.1, 0.15) is 56.0 Å². The number of anilines is 1. The summed E-state index contributed by atoms with van der Waals surface area (Å²) in [4.78, 5) is 12.6. The van der Waals surface area contributed by atoms with E-state index in [1.54, 1.807) is 0 Å². The Morgan fingerprint density at radius 2 is 1.70 bits per heavy atom. The number of hydrogen-bond donors (Lipinski definition) is 1. The van der Waals surface area contributed by atoms with E-state index in [0.29, 0.717) is 11.5 Å². The Balaban J connectivity index is 2.24. The maximum absolute atomic E-state index is 12.6. The molecule has 122 valence electrons. The Labute approximate surface area is 152 Å². The molecule has 2 aromatic carbocycles. The molecule has 0 aromatic heterocycles. The van der Waals surface area contributed by atoms with Gasteiger partial charge in [-0.15, -0.1) is 0 Å². The number of benzene rings is 2. The normalized spacial score (nSPS) is 12.7. The van der Waals surface area contributed by atoms with Crippen molar-refractivity contribution in [3.05, 3.63) is 63.2 Å². The minimum Gasteiger partial charge on any atom is -0.322 e. The van der Waals surface area contributed by atoms with Crippen LogP contribution in [0.4, 0.5) is 5.69 Å². The summed E-state index contributed by atoms with van der Waals surface area (Å²) in [6.07, 6.45) is 1.07. The third-order valence-corrected chi connectivity index (χ3v) is 4.72. The van der Waals surface area contributed by atoms with Crippen LogP contribution < -0.4 is 5.32 Å². The number of para-hydroxylation sites is 1. The zero-order valence-electron chi connectivity index (χ0n) is 14.2. The maximum Gasteiger partial charge on any atom is 0.256 e. The second kappa shape index (κ2) is 7.47. The topological polar surface area (TPSA) is 29.1 Å². The van der Waals surface area contributed by atoms with Gasteiger partial charge in [-0.2, -0.15) is 0 Å². The average Bonchev–Trinajstić information content (AvgIpc) is 2.46. The molecule has 0 aliphatic rings. The van der Waals surface area contributed by atoms with Gasteiger partial charge in [0.1, 0.15) is 0 Å². The minimum atomic E-state index is -0.0505. The summed E-state index contributed by atoms with van der Waals surface area (Å²) in [7, 11) is 0. The average molecular weight is 421 g/mol. The summed E-state index contributed by atoms with van der Waals surface area (Å²) in [5, 5.41) is 3.09. The maximum atomic E-state index is 12.6. The fourth-order valence-corrected chi connectivity index (χ4v) is 3.54. The molecule has 1 atom stereocenters. The van der Waals surface area contributed by atoms with Crippen molar-refractivity contribution in [2.24, 2.45) is 5.41 Å². The lowest BCUT2D eigenvalue weighted by atomic mass is 9.82. The second-order valence-electron chi connectivity index (χ2n) is 7.19. The molecule has 2 aromatic rings. The number of nitrogens with one attached hydrogen (secondary N) is 1. The van der Waals surface area contributed by atoms with Gasteiger partial charge in [0.15, 0.2) is 0 Å². The molecule has 0 saturated heterocycles. The molecular formula is C20H24INO. The minimum absolute atomic E-state index is 0.0505. The van der Waals surface area contributed by atoms with Crippen molar-refractivity contribution in [2.75, 3.05) is 5.32 Å². The van der Waals surface area contributed by atoms with Crippen LogP contribution in [0.5, 0.6) is 0 Å². The standard InChI is InChI=1S/C20H24INO/c1-14(13-20(2,3)4)15-9-6-8-12-18(15)22-19(23)16-10-5-7-11-17(16)21/h5-12,14H,13H2,1-4H3,(H,22,23). The highest BCUT2D eigenvalue weighted by atomic mass is 127. The number of amides is 1. The Kier molecular flexibility index (Phi) is 5.84. The first-order valence-corrected chi connectivity index (χ1v) is 9.00. The van der Waals surface area contributed by atoms with Crippen LogP contribution >= 0.6 is 22.6 Å². The first-order chi connectivity index (χ1) is 10.8. The molecule has 0 heterocycles. The van der Waals surface area contributed by atoms with Gasteiger partial charge in [-0.05, 0) is 64.1 Å². The second-order valence-corrected chi connectivity index (χ2v) is 8.35. The number of hydrogen-bond acceptors (Lipinski definition) is 1. The molecule has 0 aliphatic carbocycles. The molecule has 0 bridgehead atoms. The van der Waals surface area contributed by atoms with E-state index in [1.807, 2.05) is 42.5 Å². The zero-order valence-corrected chi connectivity index (χ0v) is 16.3. The van der Waals surface area contributed by atoms with Gasteiger partial charge < -0.3 is 5.32 Å². The van der Waals surface area contributed by atoms with Crippen LogP contribution in [0, 0.1) is 8.99 Å². The van der Waals surface area contributed by atoms with E-state index in [2.05, 4.69) is 61.7 Å². The molecule has 0 fully saturated rings. The fourth-order valence-electron chi connectivity index (χ4n) is 2.90. The number of carbonyl (C=O) groups excluding carboxylic acids is 1. The van der Waals surface area contributed by atoms with Crippen LogP contribution in [0.15, 0.2) is 48.5 Å². The molecule has 3 heteroatoms. The van der Waals surface area contributed by atoms with Crippen molar-refractivity contribution in [2.45, 2.75) is 40.0 Å². The highest BCUT2D eigenvalue weighted by Gasteiger charge is 2.20. The predicted molar refractivity (Wildman–Crippen MR) is 106 cm³/mol. The number of rotatable bonds is 4. The van der Waals surface area contributed by atoms with E-state index in [-0.39, 0.29) is 11.3 Å². The molecule has 0 spiro atoms. The molecule has 23 heavy (non-hydrogen) atoms. The van der Waals surface area contributed by atoms with Crippen LogP contribution in [-0.2, 0) is 0 Å². The summed E-state index contributed by atoms with van der Waals surface area (Å²) in [5.74, 6) is 0.340. The predicted octanol–water partition coefficient (Wildman–Crippen LogP) is 6.08. The van der Waals surface area contributed by atoms with Crippen molar-refractivity contribution >= 4 is 34.2 Å². The smallest absolute Gasteiger partial charge is 0.256 e. The van der Waals surface area contributed by atoms with Crippen molar-refractivity contribution in [3.63, 3.8) is 0 Å². The van der Waals surface area contributed by atoms with Crippen LogP contribution in [0.25, 0.3) is 0 Å². The molecule has 0 radical (unpaired) electrons. The van der Waals surface area contributed by atoms with Gasteiger partial charge in [0.2, 0.25) is 0 Å². The van der Waals surface area contributed by atoms with E-state index in [1.165, 1.54) is 5.56 Å². The molecular weight excluding hydrogens is 397 g/mol. The van der Waals surface area contributed by atoms with E-state index < -0.39 is 0 Å². The van der Waals surface area contributed by atoms with Crippen molar-refractivity contribution in [1.82, 2.24) is 0 Å². The van der Waals surface area contributed by atoms with Crippen molar-refractivity contribution in [3.8, 4) is 0 Å². The summed E-state index contributed by atoms with van der Waals surface area (Å²) in [5.41, 5.74) is 3.08. The summed E-state index contributed by atoms with van der Waals surface area (Å²) in [6.45, 7) is 8.97. The Hall–Kier alpha value is -1.36. The lowest BCUT2D eigenvalue weighted by Gasteiger charge is -2.25. The summed E-state index contributed by atoms with van der Waals surface area (Å²) >= 11 is 2.20. The Morgan fingerprint density at radius 1 is 1.09 bits per heavy atom. The van der Waals surface area contributed by atoms with Gasteiger partial charge in [0.25, 0.3) is 5.91 Å². The van der Waals surface area contributed by atoms with E-state index in [4.69, 9.17) is 0 Å². The molecule has 1 amide bonds. The van der Waals surface area contributed by atoms with Crippen molar-refractivity contribution < 1.29 is 4.79 Å². The van der Waals surface area contributed by atoms with E-state index in [9.17, 15) is 4.79 Å². The van der Waals surface area contributed by atoms with Gasteiger partial charge in [-0.1, -0.05) is 58.0 Å². The Morgan fingerprint density at radius 3 is 2.35 bits per heavy atom. The van der Waals surface area contributed by atoms with E-state index in [0.717, 1.165) is 15.7 Å². The van der Waals surface area contributed by atoms with Gasteiger partial charge in [-0.3, -0.25) is 4.79 Å². The lowest BCUT2D eigenvalue weighted by molar-refractivity contribution is 0.102. The molecule has 2 nitrogen and oxygen atoms in total. The first kappa shape index (κ1) is 18.0. The van der Waals surface area contributed by atoms with Gasteiger partial charge in [0.05, 0.1) is 5.56 Å². The molecule has 0 saturated carbocycles. The largest absolute Gasteiger partial charge is 0.322 e. The quantitative estimate of drug-likeness (QED) is 0.596. The van der Waals surface area contributed by atoms with Crippen LogP contribution in [0.2, 0.25) is 0 Å². The Bertz CT molecular complexity index is 688. The summed E-state index contributed by atoms with van der Waals surface area (Å²) < 4.78 is 0.961. The van der Waals surface area contributed by atoms with Gasteiger partial charge in [-0.25, -0.2) is 0 Å². The van der Waals surface area contributed by atoms with Crippen molar-refractivity contribution in [1.29, 1.82) is 0 Å². The zero-order chi connectivity index (χ0) is 17.0.